The molecule has 6 heteroatoms. The first kappa shape index (κ1) is 17.2. The third kappa shape index (κ3) is 5.97. The van der Waals surface area contributed by atoms with E-state index in [-0.39, 0.29) is 11.4 Å². The quantitative estimate of drug-likeness (QED) is 0.594. The molecule has 0 spiro atoms. The van der Waals surface area contributed by atoms with Gasteiger partial charge in [0.1, 0.15) is 17.5 Å². The number of nitrogens with zero attached hydrogens (tertiary/aromatic N) is 2. The van der Waals surface area contributed by atoms with E-state index in [2.05, 4.69) is 41.4 Å². The zero-order valence-corrected chi connectivity index (χ0v) is 13.6. The van der Waals surface area contributed by atoms with Crippen LogP contribution in [-0.4, -0.2) is 36.1 Å². The van der Waals surface area contributed by atoms with E-state index < -0.39 is 0 Å². The van der Waals surface area contributed by atoms with Crippen molar-refractivity contribution in [3.8, 4) is 0 Å². The third-order valence-corrected chi connectivity index (χ3v) is 2.82. The van der Waals surface area contributed by atoms with Crippen molar-refractivity contribution in [3.63, 3.8) is 0 Å². The normalized spacial score (nSPS) is 11.1. The lowest BCUT2D eigenvalue weighted by Crippen LogP contribution is -2.18. The van der Waals surface area contributed by atoms with Crippen LogP contribution >= 0.6 is 0 Å². The molecule has 1 rings (SSSR count). The van der Waals surface area contributed by atoms with Crippen LogP contribution in [0, 0.1) is 0 Å². The second-order valence-electron chi connectivity index (χ2n) is 5.80. The lowest BCUT2D eigenvalue weighted by molar-refractivity contribution is -0.143. The molecule has 0 aromatic carbocycles. The molecule has 0 fully saturated rings. The van der Waals surface area contributed by atoms with E-state index in [0.29, 0.717) is 26.0 Å². The third-order valence-electron chi connectivity index (χ3n) is 2.82. The molecular weight excluding hydrogens is 268 g/mol. The molecule has 6 nitrogen and oxygen atoms in total. The van der Waals surface area contributed by atoms with Gasteiger partial charge in [-0.05, 0) is 13.3 Å². The number of carbonyl (C=O) groups is 1. The number of rotatable bonds is 7. The van der Waals surface area contributed by atoms with E-state index >= 15 is 0 Å². The Balaban J connectivity index is 2.60. The first-order chi connectivity index (χ1) is 9.86. The van der Waals surface area contributed by atoms with Crippen LogP contribution < -0.4 is 10.6 Å². The largest absolute Gasteiger partial charge is 0.466 e. The number of anilines is 2. The highest BCUT2D eigenvalue weighted by molar-refractivity contribution is 5.69. The van der Waals surface area contributed by atoms with Crippen LogP contribution in [0.1, 0.15) is 46.4 Å². The SMILES string of the molecule is CCOC(=O)CCCNc1cc(NC)nc(C(C)(C)C)n1. The minimum Gasteiger partial charge on any atom is -0.466 e. The van der Waals surface area contributed by atoms with Gasteiger partial charge >= 0.3 is 5.97 Å². The molecule has 0 saturated heterocycles. The maximum absolute atomic E-state index is 11.3. The van der Waals surface area contributed by atoms with Crippen molar-refractivity contribution in [2.24, 2.45) is 0 Å². The van der Waals surface area contributed by atoms with Gasteiger partial charge in [0, 0.05) is 31.5 Å². The van der Waals surface area contributed by atoms with Crippen molar-refractivity contribution >= 4 is 17.6 Å². The standard InChI is InChI=1S/C15H26N4O2/c1-6-21-13(20)8-7-9-17-12-10-11(16-5)18-14(19-12)15(2,3)4/h10H,6-9H2,1-5H3,(H2,16,17,18,19). The Morgan fingerprint density at radius 1 is 1.29 bits per heavy atom. The molecule has 1 heterocycles. The monoisotopic (exact) mass is 294 g/mol. The fourth-order valence-electron chi connectivity index (χ4n) is 1.68. The van der Waals surface area contributed by atoms with Crippen LogP contribution in [0.2, 0.25) is 0 Å². The van der Waals surface area contributed by atoms with E-state index in [4.69, 9.17) is 4.74 Å². The highest BCUT2D eigenvalue weighted by atomic mass is 16.5. The van der Waals surface area contributed by atoms with E-state index in [0.717, 1.165) is 17.5 Å². The van der Waals surface area contributed by atoms with Gasteiger partial charge in [-0.1, -0.05) is 20.8 Å². The highest BCUT2D eigenvalue weighted by Gasteiger charge is 2.18. The number of hydrogen-bond acceptors (Lipinski definition) is 6. The van der Waals surface area contributed by atoms with Crippen LogP contribution in [-0.2, 0) is 14.9 Å². The summed E-state index contributed by atoms with van der Waals surface area (Å²) in [6, 6.07) is 1.86. The number of nitrogens with one attached hydrogen (secondary N) is 2. The second kappa shape index (κ2) is 7.81. The predicted molar refractivity (Wildman–Crippen MR) is 84.6 cm³/mol. The van der Waals surface area contributed by atoms with Crippen LogP contribution in [0.25, 0.3) is 0 Å². The Bertz CT molecular complexity index is 469. The molecule has 1 aromatic rings. The van der Waals surface area contributed by atoms with Crippen LogP contribution in [0.5, 0.6) is 0 Å². The van der Waals surface area contributed by atoms with Crippen molar-refractivity contribution in [2.45, 2.75) is 46.0 Å². The molecule has 0 radical (unpaired) electrons. The summed E-state index contributed by atoms with van der Waals surface area (Å²) in [6.07, 6.45) is 1.12. The van der Waals surface area contributed by atoms with Gasteiger partial charge < -0.3 is 15.4 Å². The molecule has 118 valence electrons. The summed E-state index contributed by atoms with van der Waals surface area (Å²) in [4.78, 5) is 20.2. The molecule has 0 amide bonds. The number of carbonyl (C=O) groups excluding carboxylic acids is 1. The average molecular weight is 294 g/mol. The minimum absolute atomic E-state index is 0.117. The van der Waals surface area contributed by atoms with Crippen molar-refractivity contribution in [2.75, 3.05) is 30.8 Å². The molecule has 0 aliphatic rings. The van der Waals surface area contributed by atoms with Crippen LogP contribution in [0.15, 0.2) is 6.07 Å². The molecular formula is C15H26N4O2. The summed E-state index contributed by atoms with van der Waals surface area (Å²) in [5.41, 5.74) is -0.117. The Morgan fingerprint density at radius 2 is 1.95 bits per heavy atom. The fourth-order valence-corrected chi connectivity index (χ4v) is 1.68. The van der Waals surface area contributed by atoms with Crippen LogP contribution in [0.4, 0.5) is 11.6 Å². The van der Waals surface area contributed by atoms with Crippen molar-refractivity contribution in [1.29, 1.82) is 0 Å². The molecule has 2 N–H and O–H groups in total. The number of aromatic nitrogens is 2. The first-order valence-corrected chi connectivity index (χ1v) is 7.33. The first-order valence-electron chi connectivity index (χ1n) is 7.33. The molecule has 0 aliphatic heterocycles. The molecule has 0 unspecified atom stereocenters. The summed E-state index contributed by atoms with van der Waals surface area (Å²) >= 11 is 0. The molecule has 0 atom stereocenters. The number of esters is 1. The fraction of sp³-hybridized carbons (Fsp3) is 0.667. The van der Waals surface area contributed by atoms with Gasteiger partial charge in [-0.25, -0.2) is 9.97 Å². The van der Waals surface area contributed by atoms with E-state index in [1.54, 1.807) is 0 Å². The van der Waals surface area contributed by atoms with Gasteiger partial charge in [-0.15, -0.1) is 0 Å². The average Bonchev–Trinajstić information content (AvgIpc) is 2.42. The molecule has 0 aliphatic carbocycles. The maximum Gasteiger partial charge on any atom is 0.305 e. The van der Waals surface area contributed by atoms with Crippen molar-refractivity contribution < 1.29 is 9.53 Å². The van der Waals surface area contributed by atoms with Gasteiger partial charge in [-0.3, -0.25) is 4.79 Å². The zero-order chi connectivity index (χ0) is 15.9. The zero-order valence-electron chi connectivity index (χ0n) is 13.6. The highest BCUT2D eigenvalue weighted by Crippen LogP contribution is 2.22. The van der Waals surface area contributed by atoms with Crippen LogP contribution in [0.3, 0.4) is 0 Å². The lowest BCUT2D eigenvalue weighted by atomic mass is 9.96. The maximum atomic E-state index is 11.3. The number of hydrogen-bond donors (Lipinski definition) is 2. The Kier molecular flexibility index (Phi) is 6.39. The molecule has 21 heavy (non-hydrogen) atoms. The molecule has 1 aromatic heterocycles. The summed E-state index contributed by atoms with van der Waals surface area (Å²) in [5, 5.41) is 6.27. The van der Waals surface area contributed by atoms with Crippen molar-refractivity contribution in [3.05, 3.63) is 11.9 Å². The second-order valence-corrected chi connectivity index (χ2v) is 5.80. The Hall–Kier alpha value is -1.85. The summed E-state index contributed by atoms with van der Waals surface area (Å²) in [6.45, 7) is 9.14. The van der Waals surface area contributed by atoms with Gasteiger partial charge in [-0.2, -0.15) is 0 Å². The van der Waals surface area contributed by atoms with Crippen molar-refractivity contribution in [1.82, 2.24) is 9.97 Å². The lowest BCUT2D eigenvalue weighted by Gasteiger charge is -2.18. The predicted octanol–water partition coefficient (Wildman–Crippen LogP) is 2.57. The van der Waals surface area contributed by atoms with E-state index in [1.165, 1.54) is 0 Å². The molecule has 0 saturated carbocycles. The smallest absolute Gasteiger partial charge is 0.305 e. The summed E-state index contributed by atoms with van der Waals surface area (Å²) in [5.74, 6) is 2.17. The van der Waals surface area contributed by atoms with E-state index in [9.17, 15) is 4.79 Å². The van der Waals surface area contributed by atoms with Gasteiger partial charge in [0.15, 0.2) is 0 Å². The van der Waals surface area contributed by atoms with Gasteiger partial charge in [0.2, 0.25) is 0 Å². The van der Waals surface area contributed by atoms with E-state index in [1.807, 2.05) is 20.0 Å². The number of ether oxygens (including phenoxy) is 1. The minimum atomic E-state index is -0.159. The Morgan fingerprint density at radius 3 is 2.52 bits per heavy atom. The van der Waals surface area contributed by atoms with Gasteiger partial charge in [0.05, 0.1) is 6.61 Å². The molecule has 0 bridgehead atoms. The van der Waals surface area contributed by atoms with Gasteiger partial charge in [0.25, 0.3) is 0 Å². The topological polar surface area (TPSA) is 76.1 Å². The summed E-state index contributed by atoms with van der Waals surface area (Å²) < 4.78 is 4.89. The summed E-state index contributed by atoms with van der Waals surface area (Å²) in [7, 11) is 1.83. The Labute approximate surface area is 126 Å².